The largest absolute Gasteiger partial charge is 0.481 e. The van der Waals surface area contributed by atoms with Crippen LogP contribution in [0, 0.1) is 45.8 Å². The molecule has 0 radical (unpaired) electrons. The molecule has 2 aliphatic heterocycles. The molecular formula is C28H40O7. The van der Waals surface area contributed by atoms with E-state index in [0.717, 1.165) is 31.1 Å². The van der Waals surface area contributed by atoms with Crippen molar-refractivity contribution in [2.45, 2.75) is 97.6 Å². The molecule has 4 aliphatic carbocycles. The smallest absolute Gasteiger partial charge is 0.315 e. The van der Waals surface area contributed by atoms with Crippen molar-refractivity contribution in [2.75, 3.05) is 6.61 Å². The Morgan fingerprint density at radius 3 is 2.66 bits per heavy atom. The second-order valence-electron chi connectivity index (χ2n) is 12.6. The predicted molar refractivity (Wildman–Crippen MR) is 126 cm³/mol. The van der Waals surface area contributed by atoms with Crippen molar-refractivity contribution < 1.29 is 33.6 Å². The van der Waals surface area contributed by atoms with Crippen molar-refractivity contribution in [1.29, 1.82) is 0 Å². The van der Waals surface area contributed by atoms with E-state index in [1.54, 1.807) is 0 Å². The Morgan fingerprint density at radius 2 is 1.97 bits per heavy atom. The van der Waals surface area contributed by atoms with Gasteiger partial charge in [0.15, 0.2) is 12.6 Å². The van der Waals surface area contributed by atoms with Gasteiger partial charge >= 0.3 is 5.97 Å². The Labute approximate surface area is 207 Å². The van der Waals surface area contributed by atoms with E-state index >= 15 is 0 Å². The van der Waals surface area contributed by atoms with E-state index in [0.29, 0.717) is 24.7 Å². The molecule has 194 valence electrons. The molecule has 2 heterocycles. The summed E-state index contributed by atoms with van der Waals surface area (Å²) in [5, 5.41) is 11.1. The molecule has 5 unspecified atom stereocenters. The number of ether oxygens (including phenoxy) is 4. The Bertz CT molecular complexity index is 946. The number of carboxylic acid groups (broad SMARTS) is 1. The van der Waals surface area contributed by atoms with Crippen molar-refractivity contribution >= 4 is 12.3 Å². The number of carboxylic acids is 1. The quantitative estimate of drug-likeness (QED) is 0.443. The molecule has 5 fully saturated rings. The van der Waals surface area contributed by atoms with Gasteiger partial charge in [0.25, 0.3) is 0 Å². The highest BCUT2D eigenvalue weighted by atomic mass is 16.8. The van der Waals surface area contributed by atoms with Crippen LogP contribution in [0.1, 0.15) is 66.7 Å². The first-order valence-electron chi connectivity index (χ1n) is 13.6. The average Bonchev–Trinajstić information content (AvgIpc) is 3.49. The Balaban J connectivity index is 1.38. The first-order valence-corrected chi connectivity index (χ1v) is 13.6. The summed E-state index contributed by atoms with van der Waals surface area (Å²) in [5.41, 5.74) is -1.77. The number of hydrogen-bond acceptors (Lipinski definition) is 6. The molecule has 6 rings (SSSR count). The summed E-state index contributed by atoms with van der Waals surface area (Å²) in [7, 11) is 0. The minimum atomic E-state index is -1.21. The van der Waals surface area contributed by atoms with Crippen LogP contribution in [0.5, 0.6) is 0 Å². The van der Waals surface area contributed by atoms with Gasteiger partial charge in [-0.25, -0.2) is 0 Å². The molecule has 0 aromatic rings. The number of allylic oxidation sites excluding steroid dienone is 1. The van der Waals surface area contributed by atoms with Crippen LogP contribution in [0.25, 0.3) is 0 Å². The minimum absolute atomic E-state index is 0.0267. The fraction of sp³-hybridized carbons (Fsp3) is 0.857. The van der Waals surface area contributed by atoms with E-state index in [-0.39, 0.29) is 49.0 Å². The summed E-state index contributed by atoms with van der Waals surface area (Å²) in [6.45, 7) is 10.6. The fourth-order valence-electron chi connectivity index (χ4n) is 9.81. The van der Waals surface area contributed by atoms with E-state index in [4.69, 9.17) is 18.9 Å². The maximum absolute atomic E-state index is 13.5. The summed E-state index contributed by atoms with van der Waals surface area (Å²) >= 11 is 0. The van der Waals surface area contributed by atoms with E-state index in [1.807, 2.05) is 13.8 Å². The van der Waals surface area contributed by atoms with Gasteiger partial charge in [0.1, 0.15) is 17.8 Å². The third-order valence-corrected chi connectivity index (χ3v) is 11.0. The summed E-state index contributed by atoms with van der Waals surface area (Å²) in [6, 6.07) is 0. The van der Waals surface area contributed by atoms with Crippen LogP contribution in [-0.2, 0) is 28.5 Å². The van der Waals surface area contributed by atoms with Crippen molar-refractivity contribution in [2.24, 2.45) is 45.8 Å². The molecule has 3 saturated carbocycles. The third-order valence-electron chi connectivity index (χ3n) is 11.0. The van der Waals surface area contributed by atoms with E-state index in [2.05, 4.69) is 26.8 Å². The zero-order valence-electron chi connectivity index (χ0n) is 21.6. The van der Waals surface area contributed by atoms with Crippen molar-refractivity contribution in [3.8, 4) is 0 Å². The lowest BCUT2D eigenvalue weighted by molar-refractivity contribution is -0.248. The molecule has 0 aromatic carbocycles. The van der Waals surface area contributed by atoms with Gasteiger partial charge in [-0.05, 0) is 62.7 Å². The number of carbonyl (C=O) groups is 2. The molecule has 4 bridgehead atoms. The van der Waals surface area contributed by atoms with E-state index in [9.17, 15) is 14.7 Å². The first-order chi connectivity index (χ1) is 16.6. The molecule has 12 atom stereocenters. The summed E-state index contributed by atoms with van der Waals surface area (Å²) in [4.78, 5) is 26.6. The van der Waals surface area contributed by atoms with Gasteiger partial charge in [-0.1, -0.05) is 38.8 Å². The average molecular weight is 489 g/mol. The van der Waals surface area contributed by atoms with Gasteiger partial charge in [-0.3, -0.25) is 4.79 Å². The van der Waals surface area contributed by atoms with Crippen LogP contribution in [0.3, 0.4) is 0 Å². The van der Waals surface area contributed by atoms with Gasteiger partial charge in [0, 0.05) is 11.8 Å². The molecule has 6 aliphatic rings. The van der Waals surface area contributed by atoms with Gasteiger partial charge in [0.05, 0.1) is 24.2 Å². The molecule has 7 nitrogen and oxygen atoms in total. The lowest BCUT2D eigenvalue weighted by atomic mass is 9.43. The maximum atomic E-state index is 13.5. The predicted octanol–water partition coefficient (Wildman–Crippen LogP) is 4.19. The van der Waals surface area contributed by atoms with E-state index in [1.165, 1.54) is 0 Å². The lowest BCUT2D eigenvalue weighted by Crippen LogP contribution is -2.63. The van der Waals surface area contributed by atoms with Crippen LogP contribution < -0.4 is 0 Å². The van der Waals surface area contributed by atoms with Crippen molar-refractivity contribution in [3.63, 3.8) is 0 Å². The summed E-state index contributed by atoms with van der Waals surface area (Å²) in [6.07, 6.45) is 6.15. The van der Waals surface area contributed by atoms with Crippen LogP contribution in [-0.4, -0.2) is 54.9 Å². The fourth-order valence-corrected chi connectivity index (χ4v) is 9.81. The maximum Gasteiger partial charge on any atom is 0.315 e. The van der Waals surface area contributed by atoms with Gasteiger partial charge in [0.2, 0.25) is 0 Å². The summed E-state index contributed by atoms with van der Waals surface area (Å²) in [5.74, 6) is 0.210. The first kappa shape index (κ1) is 24.1. The van der Waals surface area contributed by atoms with Crippen LogP contribution in [0.2, 0.25) is 0 Å². The van der Waals surface area contributed by atoms with Gasteiger partial charge in [-0.2, -0.15) is 0 Å². The highest BCUT2D eigenvalue weighted by molar-refractivity contribution is 5.90. The molecule has 2 saturated heterocycles. The topological polar surface area (TPSA) is 91.3 Å². The van der Waals surface area contributed by atoms with E-state index < -0.39 is 28.5 Å². The third kappa shape index (κ3) is 2.82. The molecule has 1 N–H and O–H groups in total. The number of hydrogen-bond donors (Lipinski definition) is 1. The minimum Gasteiger partial charge on any atom is -0.481 e. The Morgan fingerprint density at radius 1 is 1.20 bits per heavy atom. The standard InChI is InChI=1S/C28H40O7/c1-14(2)21-8-18-10-26(12-29)20-7-6-15(3)19(20)11-27(18,28(21,26)25(30)31)13-32-23-9-22-24(16(4)33-23)35-17(5)34-22/h8,12,14-20,22-24H,6-7,9-11,13H2,1-5H3,(H,30,31)/t15-,16-,17?,18?,19-,20-,22+,23-,24-,26?,27?,28?/m1/s1. The number of aliphatic carboxylic acids is 1. The van der Waals surface area contributed by atoms with Gasteiger partial charge < -0.3 is 28.8 Å². The molecule has 0 aromatic heterocycles. The monoisotopic (exact) mass is 488 g/mol. The zero-order valence-corrected chi connectivity index (χ0v) is 21.6. The SMILES string of the molecule is CC1O[C@H]2[C@H](C[C@H](OCC34C[C@@H]5[C@H](C)CC[C@H]5C5(C=O)CC3C=C(C(C)C)C45C(=O)O)O[C@@H]2C)O1. The van der Waals surface area contributed by atoms with Crippen molar-refractivity contribution in [1.82, 2.24) is 0 Å². The number of fused-ring (bicyclic) bond motifs is 3. The second kappa shape index (κ2) is 7.86. The second-order valence-corrected chi connectivity index (χ2v) is 12.6. The molecule has 0 spiro atoms. The highest BCUT2D eigenvalue weighted by Gasteiger charge is 2.84. The normalized spacial score (nSPS) is 54.0. The van der Waals surface area contributed by atoms with Crippen LogP contribution in [0.4, 0.5) is 0 Å². The summed E-state index contributed by atoms with van der Waals surface area (Å²) < 4.78 is 24.6. The molecule has 35 heavy (non-hydrogen) atoms. The Hall–Kier alpha value is -1.28. The van der Waals surface area contributed by atoms with Gasteiger partial charge in [-0.15, -0.1) is 0 Å². The van der Waals surface area contributed by atoms with Crippen LogP contribution in [0.15, 0.2) is 11.6 Å². The zero-order chi connectivity index (χ0) is 24.9. The number of carbonyl (C=O) groups excluding carboxylic acids is 1. The lowest BCUT2D eigenvalue weighted by Gasteiger charge is -2.58. The molecular weight excluding hydrogens is 448 g/mol. The van der Waals surface area contributed by atoms with Crippen LogP contribution >= 0.6 is 0 Å². The van der Waals surface area contributed by atoms with Crippen molar-refractivity contribution in [3.05, 3.63) is 11.6 Å². The Kier molecular flexibility index (Phi) is 5.41. The molecule has 0 amide bonds. The number of rotatable bonds is 6. The molecule has 7 heteroatoms. The number of aldehydes is 1. The highest BCUT2D eigenvalue weighted by Crippen LogP contribution is 2.82.